The van der Waals surface area contributed by atoms with Crippen LogP contribution in [-0.2, 0) is 5.41 Å². The zero-order chi connectivity index (χ0) is 39.1. The Morgan fingerprint density at radius 1 is 0.328 bits per heavy atom. The van der Waals surface area contributed by atoms with E-state index < -0.39 is 0 Å². The van der Waals surface area contributed by atoms with Crippen molar-refractivity contribution in [3.05, 3.63) is 223 Å². The third-order valence-corrected chi connectivity index (χ3v) is 11.5. The number of nitrogens with zero attached hydrogens (tertiary/aromatic N) is 3. The number of hydrogen-bond acceptors (Lipinski definition) is 3. The Hall–Kier alpha value is -7.36. The van der Waals surface area contributed by atoms with Gasteiger partial charge >= 0.3 is 0 Å². The minimum absolute atomic E-state index is 0.120. The van der Waals surface area contributed by atoms with Crippen molar-refractivity contribution in [3.63, 3.8) is 0 Å². The average molecular weight is 744 g/mol. The van der Waals surface area contributed by atoms with Crippen molar-refractivity contribution >= 4 is 17.1 Å². The van der Waals surface area contributed by atoms with Crippen molar-refractivity contribution < 1.29 is 0 Å². The Kier molecular flexibility index (Phi) is 8.84. The van der Waals surface area contributed by atoms with Crippen molar-refractivity contribution in [2.24, 2.45) is 0 Å². The summed E-state index contributed by atoms with van der Waals surface area (Å²) >= 11 is 0. The molecular weight excluding hydrogens is 703 g/mol. The lowest BCUT2D eigenvalue weighted by Gasteiger charge is -2.28. The van der Waals surface area contributed by atoms with Gasteiger partial charge in [-0.25, -0.2) is 9.97 Å². The molecule has 0 amide bonds. The van der Waals surface area contributed by atoms with Gasteiger partial charge in [-0.2, -0.15) is 0 Å². The largest absolute Gasteiger partial charge is 0.310 e. The molecule has 58 heavy (non-hydrogen) atoms. The van der Waals surface area contributed by atoms with E-state index in [1.54, 1.807) is 0 Å². The number of aromatic nitrogens is 2. The van der Waals surface area contributed by atoms with Crippen LogP contribution in [0.2, 0.25) is 0 Å². The second kappa shape index (κ2) is 14.6. The minimum atomic E-state index is -0.120. The first-order chi connectivity index (χ1) is 28.5. The van der Waals surface area contributed by atoms with Gasteiger partial charge in [0.15, 0.2) is 5.82 Å². The van der Waals surface area contributed by atoms with Crippen LogP contribution >= 0.6 is 0 Å². The molecule has 0 aliphatic heterocycles. The molecule has 1 heterocycles. The molecule has 1 aliphatic rings. The summed E-state index contributed by atoms with van der Waals surface area (Å²) in [7, 11) is 0. The first-order valence-electron chi connectivity index (χ1n) is 19.9. The Morgan fingerprint density at radius 2 is 0.724 bits per heavy atom. The summed E-state index contributed by atoms with van der Waals surface area (Å²) < 4.78 is 0. The van der Waals surface area contributed by atoms with E-state index in [0.29, 0.717) is 5.82 Å². The van der Waals surface area contributed by atoms with Crippen LogP contribution in [0.3, 0.4) is 0 Å². The molecule has 276 valence electrons. The van der Waals surface area contributed by atoms with Gasteiger partial charge in [-0.3, -0.25) is 0 Å². The smallest absolute Gasteiger partial charge is 0.160 e. The number of benzene rings is 8. The van der Waals surface area contributed by atoms with Gasteiger partial charge in [0.2, 0.25) is 0 Å². The number of rotatable bonds is 8. The molecule has 8 aromatic carbocycles. The van der Waals surface area contributed by atoms with Crippen LogP contribution in [0, 0.1) is 0 Å². The summed E-state index contributed by atoms with van der Waals surface area (Å²) in [6.45, 7) is 4.68. The van der Waals surface area contributed by atoms with E-state index in [9.17, 15) is 0 Å². The van der Waals surface area contributed by atoms with Gasteiger partial charge in [0.05, 0.1) is 11.4 Å². The first-order valence-corrected chi connectivity index (χ1v) is 19.9. The molecule has 1 aliphatic carbocycles. The summed E-state index contributed by atoms with van der Waals surface area (Å²) in [6, 6.07) is 75.5. The fraction of sp³-hybridized carbons (Fsp3) is 0.0545. The van der Waals surface area contributed by atoms with Crippen molar-refractivity contribution in [2.75, 3.05) is 4.90 Å². The third kappa shape index (κ3) is 6.47. The fourth-order valence-electron chi connectivity index (χ4n) is 8.42. The van der Waals surface area contributed by atoms with Crippen LogP contribution in [0.1, 0.15) is 25.0 Å². The van der Waals surface area contributed by atoms with Crippen molar-refractivity contribution in [1.29, 1.82) is 0 Å². The molecule has 0 radical (unpaired) electrons. The van der Waals surface area contributed by atoms with E-state index in [1.165, 1.54) is 44.5 Å². The zero-order valence-corrected chi connectivity index (χ0v) is 32.5. The fourth-order valence-corrected chi connectivity index (χ4v) is 8.42. The number of hydrogen-bond donors (Lipinski definition) is 0. The lowest BCUT2D eigenvalue weighted by Crippen LogP contribution is -2.16. The van der Waals surface area contributed by atoms with Gasteiger partial charge in [-0.15, -0.1) is 0 Å². The Labute approximate surface area is 340 Å². The van der Waals surface area contributed by atoms with Crippen LogP contribution in [0.4, 0.5) is 17.1 Å². The maximum Gasteiger partial charge on any atom is 0.160 e. The highest BCUT2D eigenvalue weighted by molar-refractivity contribution is 5.86. The van der Waals surface area contributed by atoms with Gasteiger partial charge in [-0.1, -0.05) is 172 Å². The molecule has 3 nitrogen and oxygen atoms in total. The Bertz CT molecular complexity index is 2810. The van der Waals surface area contributed by atoms with E-state index in [0.717, 1.165) is 45.1 Å². The molecule has 0 saturated carbocycles. The van der Waals surface area contributed by atoms with Crippen molar-refractivity contribution in [3.8, 4) is 67.3 Å². The highest BCUT2D eigenvalue weighted by Gasteiger charge is 2.35. The maximum absolute atomic E-state index is 5.10. The Balaban J connectivity index is 1.05. The van der Waals surface area contributed by atoms with Gasteiger partial charge < -0.3 is 4.90 Å². The molecule has 0 unspecified atom stereocenters. The molecule has 9 aromatic rings. The molecule has 3 heteroatoms. The first kappa shape index (κ1) is 35.1. The van der Waals surface area contributed by atoms with Crippen molar-refractivity contribution in [2.45, 2.75) is 19.3 Å². The lowest BCUT2D eigenvalue weighted by molar-refractivity contribution is 0.660. The highest BCUT2D eigenvalue weighted by atomic mass is 15.1. The minimum Gasteiger partial charge on any atom is -0.310 e. The molecule has 0 spiro atoms. The van der Waals surface area contributed by atoms with E-state index in [4.69, 9.17) is 9.97 Å². The topological polar surface area (TPSA) is 29.0 Å². The predicted octanol–water partition coefficient (Wildman–Crippen LogP) is 14.6. The standard InChI is InChI=1S/C55H41N3/c1-55(2)50-21-13-12-20-48(50)49-35-34-47(36-51(49)55)58(45-30-26-41(27-31-45)40-24-22-39(23-25-40)38-14-6-3-7-15-38)46-32-28-44(29-33-46)54-56-52(42-16-8-4-9-17-42)37-53(57-54)43-18-10-5-11-19-43/h3-37H,1-2H3. The molecule has 0 atom stereocenters. The Morgan fingerprint density at radius 3 is 1.26 bits per heavy atom. The number of fused-ring (bicyclic) bond motifs is 3. The molecule has 0 saturated heterocycles. The molecule has 0 fully saturated rings. The second-order valence-corrected chi connectivity index (χ2v) is 15.5. The van der Waals surface area contributed by atoms with E-state index >= 15 is 0 Å². The van der Waals surface area contributed by atoms with Crippen LogP contribution in [0.25, 0.3) is 67.3 Å². The SMILES string of the molecule is CC1(C)c2ccccc2-c2ccc(N(c3ccc(-c4ccc(-c5ccccc5)cc4)cc3)c3ccc(-c4nc(-c5ccccc5)cc(-c5ccccc5)n4)cc3)cc21. The van der Waals surface area contributed by atoms with Crippen LogP contribution < -0.4 is 4.90 Å². The summed E-state index contributed by atoms with van der Waals surface area (Å²) in [5, 5.41) is 0. The molecule has 1 aromatic heterocycles. The van der Waals surface area contributed by atoms with Gasteiger partial charge in [-0.05, 0) is 99.1 Å². The van der Waals surface area contributed by atoms with Gasteiger partial charge in [0.1, 0.15) is 0 Å². The number of anilines is 3. The summed E-state index contributed by atoms with van der Waals surface area (Å²) in [4.78, 5) is 12.6. The maximum atomic E-state index is 5.10. The second-order valence-electron chi connectivity index (χ2n) is 15.5. The molecular formula is C55H41N3. The average Bonchev–Trinajstić information content (AvgIpc) is 3.53. The van der Waals surface area contributed by atoms with Crippen LogP contribution in [0.15, 0.2) is 212 Å². The summed E-state index contributed by atoms with van der Waals surface area (Å²) in [5.74, 6) is 0.693. The van der Waals surface area contributed by atoms with Crippen LogP contribution in [-0.4, -0.2) is 9.97 Å². The lowest BCUT2D eigenvalue weighted by atomic mass is 9.82. The van der Waals surface area contributed by atoms with E-state index in [1.807, 2.05) is 12.1 Å². The van der Waals surface area contributed by atoms with E-state index in [2.05, 4.69) is 219 Å². The molecule has 0 N–H and O–H groups in total. The third-order valence-electron chi connectivity index (χ3n) is 11.5. The monoisotopic (exact) mass is 743 g/mol. The van der Waals surface area contributed by atoms with Crippen LogP contribution in [0.5, 0.6) is 0 Å². The predicted molar refractivity (Wildman–Crippen MR) is 241 cm³/mol. The summed E-state index contributed by atoms with van der Waals surface area (Å²) in [6.07, 6.45) is 0. The normalized spacial score (nSPS) is 12.4. The summed E-state index contributed by atoms with van der Waals surface area (Å²) in [5.41, 5.74) is 18.1. The molecule has 10 rings (SSSR count). The zero-order valence-electron chi connectivity index (χ0n) is 32.5. The van der Waals surface area contributed by atoms with Gasteiger partial charge in [0.25, 0.3) is 0 Å². The van der Waals surface area contributed by atoms with E-state index in [-0.39, 0.29) is 5.41 Å². The van der Waals surface area contributed by atoms with Crippen molar-refractivity contribution in [1.82, 2.24) is 9.97 Å². The molecule has 0 bridgehead atoms. The van der Waals surface area contributed by atoms with Gasteiger partial charge in [0, 0.05) is 39.2 Å². The quantitative estimate of drug-likeness (QED) is 0.155. The highest BCUT2D eigenvalue weighted by Crippen LogP contribution is 2.50.